The molecule has 1 saturated heterocycles. The predicted octanol–water partition coefficient (Wildman–Crippen LogP) is 2.42. The fraction of sp³-hybridized carbons (Fsp3) is 0.526. The van der Waals surface area contributed by atoms with Crippen LogP contribution in [-0.2, 0) is 4.74 Å². The zero-order valence-corrected chi connectivity index (χ0v) is 17.3. The highest BCUT2D eigenvalue weighted by Crippen LogP contribution is 2.22. The molecule has 1 fully saturated rings. The number of H-pyrrole nitrogens is 1. The summed E-state index contributed by atoms with van der Waals surface area (Å²) in [6, 6.07) is 5.71. The highest BCUT2D eigenvalue weighted by molar-refractivity contribution is 7.13. The summed E-state index contributed by atoms with van der Waals surface area (Å²) in [6.07, 6.45) is -0.263. The molecule has 0 radical (unpaired) electrons. The van der Waals surface area contributed by atoms with E-state index in [0.717, 1.165) is 30.2 Å². The van der Waals surface area contributed by atoms with Crippen LogP contribution in [0.2, 0.25) is 0 Å². The Morgan fingerprint density at radius 3 is 2.68 bits per heavy atom. The van der Waals surface area contributed by atoms with E-state index < -0.39 is 5.60 Å². The van der Waals surface area contributed by atoms with Gasteiger partial charge >= 0.3 is 6.09 Å². The molecule has 0 spiro atoms. The first-order valence-corrected chi connectivity index (χ1v) is 10.3. The first-order chi connectivity index (χ1) is 13.3. The van der Waals surface area contributed by atoms with Crippen LogP contribution in [0.5, 0.6) is 0 Å². The van der Waals surface area contributed by atoms with Gasteiger partial charge in [-0.25, -0.2) is 4.79 Å². The lowest BCUT2D eigenvalue weighted by atomic mass is 10.2. The number of rotatable bonds is 5. The fourth-order valence-corrected chi connectivity index (χ4v) is 3.59. The van der Waals surface area contributed by atoms with E-state index in [9.17, 15) is 9.59 Å². The Morgan fingerprint density at radius 1 is 1.29 bits per heavy atom. The van der Waals surface area contributed by atoms with Crippen molar-refractivity contribution in [2.75, 3.05) is 39.3 Å². The molecule has 8 nitrogen and oxygen atoms in total. The molecule has 1 aliphatic heterocycles. The van der Waals surface area contributed by atoms with E-state index in [4.69, 9.17) is 4.74 Å². The first kappa shape index (κ1) is 20.3. The van der Waals surface area contributed by atoms with Crippen LogP contribution in [0.3, 0.4) is 0 Å². The predicted molar refractivity (Wildman–Crippen MR) is 108 cm³/mol. The lowest BCUT2D eigenvalue weighted by Crippen LogP contribution is -2.51. The molecule has 2 N–H and O–H groups in total. The molecule has 152 valence electrons. The van der Waals surface area contributed by atoms with Crippen LogP contribution in [0, 0.1) is 0 Å². The van der Waals surface area contributed by atoms with Crippen molar-refractivity contribution in [3.8, 4) is 10.6 Å². The number of amides is 2. The minimum absolute atomic E-state index is 0.188. The van der Waals surface area contributed by atoms with Crippen LogP contribution in [0.1, 0.15) is 31.3 Å². The molecule has 28 heavy (non-hydrogen) atoms. The molecule has 1 aliphatic rings. The molecule has 2 aromatic heterocycles. The second-order valence-electron chi connectivity index (χ2n) is 7.71. The van der Waals surface area contributed by atoms with Gasteiger partial charge in [-0.15, -0.1) is 11.3 Å². The number of hydrogen-bond acceptors (Lipinski definition) is 6. The van der Waals surface area contributed by atoms with Gasteiger partial charge in [0.1, 0.15) is 5.60 Å². The van der Waals surface area contributed by atoms with Gasteiger partial charge in [0.25, 0.3) is 5.91 Å². The summed E-state index contributed by atoms with van der Waals surface area (Å²) in [5.41, 5.74) is 0.755. The highest BCUT2D eigenvalue weighted by atomic mass is 32.1. The lowest BCUT2D eigenvalue weighted by Gasteiger charge is -2.35. The third-order valence-electron chi connectivity index (χ3n) is 4.33. The lowest BCUT2D eigenvalue weighted by molar-refractivity contribution is 0.0147. The summed E-state index contributed by atoms with van der Waals surface area (Å²) in [5.74, 6) is -0.188. The zero-order valence-electron chi connectivity index (χ0n) is 16.5. The normalized spacial score (nSPS) is 15.5. The van der Waals surface area contributed by atoms with Gasteiger partial charge in [0.15, 0.2) is 5.69 Å². The number of thiophene rings is 1. The highest BCUT2D eigenvalue weighted by Gasteiger charge is 2.25. The number of nitrogens with zero attached hydrogens (tertiary/aromatic N) is 3. The monoisotopic (exact) mass is 405 g/mol. The quantitative estimate of drug-likeness (QED) is 0.797. The Balaban J connectivity index is 1.38. The number of aromatic amines is 1. The largest absolute Gasteiger partial charge is 0.444 e. The Hall–Kier alpha value is -2.39. The van der Waals surface area contributed by atoms with Crippen LogP contribution in [0.4, 0.5) is 4.79 Å². The molecule has 0 saturated carbocycles. The SMILES string of the molecule is CC(C)(C)OC(=O)N1CCN(CCNC(=O)c2cc(-c3cccs3)[nH]n2)CC1. The van der Waals surface area contributed by atoms with E-state index in [0.29, 0.717) is 25.3 Å². The van der Waals surface area contributed by atoms with Crippen molar-refractivity contribution < 1.29 is 14.3 Å². The molecule has 0 unspecified atom stereocenters. The third kappa shape index (κ3) is 5.56. The first-order valence-electron chi connectivity index (χ1n) is 9.39. The molecule has 0 atom stereocenters. The van der Waals surface area contributed by atoms with Crippen molar-refractivity contribution in [2.45, 2.75) is 26.4 Å². The van der Waals surface area contributed by atoms with E-state index in [1.165, 1.54) is 0 Å². The van der Waals surface area contributed by atoms with Gasteiger partial charge in [0.2, 0.25) is 0 Å². The number of nitrogens with one attached hydrogen (secondary N) is 2. The van der Waals surface area contributed by atoms with Crippen molar-refractivity contribution in [2.24, 2.45) is 0 Å². The van der Waals surface area contributed by atoms with Crippen LogP contribution < -0.4 is 5.32 Å². The maximum Gasteiger partial charge on any atom is 0.410 e. The summed E-state index contributed by atoms with van der Waals surface area (Å²) in [6.45, 7) is 9.66. The maximum atomic E-state index is 12.3. The standard InChI is InChI=1S/C19H27N5O3S/c1-19(2,3)27-18(26)24-10-8-23(9-11-24)7-6-20-17(25)15-13-14(21-22-15)16-5-4-12-28-16/h4-5,12-13H,6-11H2,1-3H3,(H,20,25)(H,21,22). The van der Waals surface area contributed by atoms with E-state index in [1.54, 1.807) is 22.3 Å². The van der Waals surface area contributed by atoms with Gasteiger partial charge < -0.3 is 15.0 Å². The Morgan fingerprint density at radius 2 is 2.04 bits per heavy atom. The van der Waals surface area contributed by atoms with Gasteiger partial charge in [-0.05, 0) is 38.3 Å². The third-order valence-corrected chi connectivity index (χ3v) is 5.24. The molecule has 3 heterocycles. The number of piperazine rings is 1. The molecule has 0 bridgehead atoms. The van der Waals surface area contributed by atoms with Gasteiger partial charge in [-0.2, -0.15) is 5.10 Å². The summed E-state index contributed by atoms with van der Waals surface area (Å²) < 4.78 is 5.41. The summed E-state index contributed by atoms with van der Waals surface area (Å²) in [5, 5.41) is 11.9. The number of ether oxygens (including phenoxy) is 1. The molecule has 2 amide bonds. The molecule has 9 heteroatoms. The average Bonchev–Trinajstić information content (AvgIpc) is 3.32. The minimum Gasteiger partial charge on any atom is -0.444 e. The second kappa shape index (κ2) is 8.74. The van der Waals surface area contributed by atoms with Crippen molar-refractivity contribution in [1.82, 2.24) is 25.3 Å². The van der Waals surface area contributed by atoms with Gasteiger partial charge in [-0.3, -0.25) is 14.8 Å². The van der Waals surface area contributed by atoms with Gasteiger partial charge in [-0.1, -0.05) is 6.07 Å². The number of aromatic nitrogens is 2. The van der Waals surface area contributed by atoms with E-state index >= 15 is 0 Å². The smallest absolute Gasteiger partial charge is 0.410 e. The van der Waals surface area contributed by atoms with Crippen LogP contribution in [0.25, 0.3) is 10.6 Å². The Bertz CT molecular complexity index is 789. The minimum atomic E-state index is -0.478. The van der Waals surface area contributed by atoms with Crippen LogP contribution in [-0.4, -0.2) is 76.9 Å². The molecule has 0 aromatic carbocycles. The Labute approximate surface area is 168 Å². The van der Waals surface area contributed by atoms with Crippen molar-refractivity contribution in [3.05, 3.63) is 29.3 Å². The summed E-state index contributed by atoms with van der Waals surface area (Å²) in [7, 11) is 0. The van der Waals surface area contributed by atoms with E-state index in [1.807, 2.05) is 38.3 Å². The summed E-state index contributed by atoms with van der Waals surface area (Å²) >= 11 is 1.60. The fourth-order valence-electron chi connectivity index (χ4n) is 2.89. The average molecular weight is 406 g/mol. The topological polar surface area (TPSA) is 90.6 Å². The Kier molecular flexibility index (Phi) is 6.35. The zero-order chi connectivity index (χ0) is 20.1. The number of hydrogen-bond donors (Lipinski definition) is 2. The number of carbonyl (C=O) groups excluding carboxylic acids is 2. The van der Waals surface area contributed by atoms with E-state index in [-0.39, 0.29) is 12.0 Å². The molecule has 3 rings (SSSR count). The second-order valence-corrected chi connectivity index (χ2v) is 8.66. The van der Waals surface area contributed by atoms with Crippen LogP contribution >= 0.6 is 11.3 Å². The van der Waals surface area contributed by atoms with Crippen molar-refractivity contribution in [1.29, 1.82) is 0 Å². The van der Waals surface area contributed by atoms with Crippen molar-refractivity contribution >= 4 is 23.3 Å². The molecular formula is C19H27N5O3S. The van der Waals surface area contributed by atoms with Crippen LogP contribution in [0.15, 0.2) is 23.6 Å². The van der Waals surface area contributed by atoms with Gasteiger partial charge in [0, 0.05) is 39.3 Å². The maximum absolute atomic E-state index is 12.3. The van der Waals surface area contributed by atoms with Gasteiger partial charge in [0.05, 0.1) is 10.6 Å². The molecule has 0 aliphatic carbocycles. The van der Waals surface area contributed by atoms with E-state index in [2.05, 4.69) is 20.4 Å². The summed E-state index contributed by atoms with van der Waals surface area (Å²) in [4.78, 5) is 29.4. The molecule has 2 aromatic rings. The molecular weight excluding hydrogens is 378 g/mol. The number of carbonyl (C=O) groups is 2. The van der Waals surface area contributed by atoms with Crippen molar-refractivity contribution in [3.63, 3.8) is 0 Å².